The fraction of sp³-hybridized carbons (Fsp3) is 0.458. The first-order valence-corrected chi connectivity index (χ1v) is 11.4. The van der Waals surface area contributed by atoms with Crippen LogP contribution in [0.15, 0.2) is 36.7 Å². The van der Waals surface area contributed by atoms with Crippen LogP contribution in [0.25, 0.3) is 0 Å². The van der Waals surface area contributed by atoms with Crippen molar-refractivity contribution in [2.24, 2.45) is 0 Å². The fourth-order valence-corrected chi connectivity index (χ4v) is 4.84. The number of benzene rings is 1. The van der Waals surface area contributed by atoms with Crippen molar-refractivity contribution in [1.82, 2.24) is 30.2 Å². The van der Waals surface area contributed by atoms with Crippen molar-refractivity contribution in [1.29, 1.82) is 0 Å². The molecule has 32 heavy (non-hydrogen) atoms. The molecule has 1 aromatic carbocycles. The maximum Gasteiger partial charge on any atom is 0.272 e. The third-order valence-electron chi connectivity index (χ3n) is 6.57. The lowest BCUT2D eigenvalue weighted by molar-refractivity contribution is 0.0929. The third kappa shape index (κ3) is 4.41. The van der Waals surface area contributed by atoms with Crippen LogP contribution in [0.5, 0.6) is 5.75 Å². The van der Waals surface area contributed by atoms with E-state index in [1.807, 2.05) is 29.2 Å². The summed E-state index contributed by atoms with van der Waals surface area (Å²) in [4.78, 5) is 15.6. The van der Waals surface area contributed by atoms with Crippen LogP contribution in [0.2, 0.25) is 0 Å². The van der Waals surface area contributed by atoms with Crippen LogP contribution in [0, 0.1) is 0 Å². The van der Waals surface area contributed by atoms with Gasteiger partial charge in [-0.2, -0.15) is 10.2 Å². The topological polar surface area (TPSA) is 88.1 Å². The Labute approximate surface area is 188 Å². The minimum Gasteiger partial charge on any atom is -0.497 e. The van der Waals surface area contributed by atoms with Gasteiger partial charge in [0, 0.05) is 55.1 Å². The summed E-state index contributed by atoms with van der Waals surface area (Å²) in [5.41, 5.74) is 5.10. The number of hydrogen-bond donors (Lipinski definition) is 2. The molecule has 0 spiro atoms. The van der Waals surface area contributed by atoms with E-state index in [1.165, 1.54) is 18.5 Å². The number of aromatic nitrogens is 4. The normalized spacial score (nSPS) is 16.8. The minimum atomic E-state index is -0.0354. The molecule has 2 aromatic heterocycles. The molecule has 168 valence electrons. The van der Waals surface area contributed by atoms with E-state index in [9.17, 15) is 4.79 Å². The summed E-state index contributed by atoms with van der Waals surface area (Å²) in [6.07, 6.45) is 9.15. The summed E-state index contributed by atoms with van der Waals surface area (Å²) in [6, 6.07) is 8.31. The molecule has 0 unspecified atom stereocenters. The summed E-state index contributed by atoms with van der Waals surface area (Å²) < 4.78 is 7.30. The van der Waals surface area contributed by atoms with E-state index in [0.717, 1.165) is 61.3 Å². The molecule has 2 N–H and O–H groups in total. The van der Waals surface area contributed by atoms with Crippen molar-refractivity contribution in [3.63, 3.8) is 0 Å². The average molecular weight is 435 g/mol. The highest BCUT2D eigenvalue weighted by Gasteiger charge is 2.29. The third-order valence-corrected chi connectivity index (χ3v) is 6.57. The Bertz CT molecular complexity index is 1050. The van der Waals surface area contributed by atoms with E-state index in [-0.39, 0.29) is 11.9 Å². The predicted octanol–water partition coefficient (Wildman–Crippen LogP) is 2.89. The molecule has 1 aliphatic heterocycles. The van der Waals surface area contributed by atoms with Crippen molar-refractivity contribution < 1.29 is 9.53 Å². The molecule has 3 aromatic rings. The molecule has 2 aliphatic rings. The Morgan fingerprint density at radius 3 is 2.72 bits per heavy atom. The Morgan fingerprint density at radius 1 is 1.19 bits per heavy atom. The monoisotopic (exact) mass is 434 g/mol. The van der Waals surface area contributed by atoms with Gasteiger partial charge in [0.2, 0.25) is 0 Å². The first-order chi connectivity index (χ1) is 15.7. The van der Waals surface area contributed by atoms with Crippen LogP contribution in [-0.4, -0.2) is 50.5 Å². The number of fused-ring (bicyclic) bond motifs is 1. The number of ether oxygens (including phenoxy) is 1. The predicted molar refractivity (Wildman–Crippen MR) is 120 cm³/mol. The maximum atomic E-state index is 13.2. The number of nitrogens with one attached hydrogen (secondary N) is 2. The van der Waals surface area contributed by atoms with Gasteiger partial charge in [-0.25, -0.2) is 0 Å². The Morgan fingerprint density at radius 2 is 2.00 bits per heavy atom. The summed E-state index contributed by atoms with van der Waals surface area (Å²) >= 11 is 0. The zero-order chi connectivity index (χ0) is 21.9. The number of aromatic amines is 1. The number of H-pyrrole nitrogens is 1. The molecule has 1 fully saturated rings. The molecular weight excluding hydrogens is 404 g/mol. The van der Waals surface area contributed by atoms with Crippen LogP contribution in [0.4, 0.5) is 0 Å². The van der Waals surface area contributed by atoms with Gasteiger partial charge in [0.1, 0.15) is 5.75 Å². The van der Waals surface area contributed by atoms with Gasteiger partial charge >= 0.3 is 0 Å². The number of amides is 1. The lowest BCUT2D eigenvalue weighted by Gasteiger charge is -2.27. The lowest BCUT2D eigenvalue weighted by Crippen LogP contribution is -2.35. The van der Waals surface area contributed by atoms with Crippen molar-refractivity contribution in [3.8, 4) is 5.75 Å². The van der Waals surface area contributed by atoms with Crippen LogP contribution in [-0.2, 0) is 26.1 Å². The van der Waals surface area contributed by atoms with Gasteiger partial charge in [-0.15, -0.1) is 0 Å². The van der Waals surface area contributed by atoms with Crippen molar-refractivity contribution in [2.45, 2.75) is 57.8 Å². The van der Waals surface area contributed by atoms with E-state index in [2.05, 4.69) is 32.5 Å². The Kier molecular flexibility index (Phi) is 5.94. The summed E-state index contributed by atoms with van der Waals surface area (Å²) in [7, 11) is 1.67. The molecule has 1 aliphatic carbocycles. The Balaban J connectivity index is 1.41. The largest absolute Gasteiger partial charge is 0.497 e. The van der Waals surface area contributed by atoms with Gasteiger partial charge in [0.05, 0.1) is 19.9 Å². The molecule has 5 rings (SSSR count). The number of nitrogens with zero attached hydrogens (tertiary/aromatic N) is 4. The molecule has 8 nitrogen and oxygen atoms in total. The second kappa shape index (κ2) is 9.16. The minimum absolute atomic E-state index is 0.0354. The van der Waals surface area contributed by atoms with Gasteiger partial charge in [-0.05, 0) is 30.5 Å². The van der Waals surface area contributed by atoms with E-state index >= 15 is 0 Å². The van der Waals surface area contributed by atoms with Crippen LogP contribution >= 0.6 is 0 Å². The van der Waals surface area contributed by atoms with Crippen molar-refractivity contribution >= 4 is 5.91 Å². The zero-order valence-corrected chi connectivity index (χ0v) is 18.5. The average Bonchev–Trinajstić information content (AvgIpc) is 3.57. The van der Waals surface area contributed by atoms with Gasteiger partial charge in [0.25, 0.3) is 5.91 Å². The molecular formula is C24H30N6O2. The highest BCUT2D eigenvalue weighted by atomic mass is 16.5. The first kappa shape index (κ1) is 20.8. The molecule has 0 saturated heterocycles. The highest BCUT2D eigenvalue weighted by Crippen LogP contribution is 2.26. The number of carbonyl (C=O) groups excluding carboxylic acids is 1. The van der Waals surface area contributed by atoms with Gasteiger partial charge < -0.3 is 10.1 Å². The van der Waals surface area contributed by atoms with Crippen molar-refractivity contribution in [3.05, 3.63) is 64.7 Å². The molecule has 1 amide bonds. The lowest BCUT2D eigenvalue weighted by atomic mass is 10.0. The van der Waals surface area contributed by atoms with E-state index < -0.39 is 0 Å². The van der Waals surface area contributed by atoms with E-state index in [1.54, 1.807) is 7.11 Å². The second-order valence-corrected chi connectivity index (χ2v) is 8.80. The molecule has 0 bridgehead atoms. The number of rotatable bonds is 7. The highest BCUT2D eigenvalue weighted by molar-refractivity contribution is 5.94. The van der Waals surface area contributed by atoms with Crippen LogP contribution < -0.4 is 10.1 Å². The summed E-state index contributed by atoms with van der Waals surface area (Å²) in [6.45, 7) is 3.10. The van der Waals surface area contributed by atoms with Crippen LogP contribution in [0.1, 0.15) is 58.6 Å². The number of hydrogen-bond acceptors (Lipinski definition) is 5. The zero-order valence-electron chi connectivity index (χ0n) is 18.5. The smallest absolute Gasteiger partial charge is 0.272 e. The standard InChI is InChI=1S/C24H30N6O2/c1-32-20-8-6-17(7-9-20)15-30-22-10-11-29(14-18-12-25-26-13-18)16-21(22)23(28-30)24(31)27-19-4-2-3-5-19/h6-9,12-13,19H,2-5,10-11,14-16H2,1H3,(H,25,26)(H,27,31). The van der Waals surface area contributed by atoms with Gasteiger partial charge in [0.15, 0.2) is 5.69 Å². The Hall–Kier alpha value is -3.13. The quantitative estimate of drug-likeness (QED) is 0.597. The number of carbonyl (C=O) groups is 1. The molecule has 8 heteroatoms. The van der Waals surface area contributed by atoms with Crippen LogP contribution in [0.3, 0.4) is 0 Å². The second-order valence-electron chi connectivity index (χ2n) is 8.80. The summed E-state index contributed by atoms with van der Waals surface area (Å²) in [5, 5.41) is 15.0. The SMILES string of the molecule is COc1ccc(Cn2nc(C(=O)NC3CCCC3)c3c2CCN(Cc2cn[nH]c2)C3)cc1. The maximum absolute atomic E-state index is 13.2. The molecule has 3 heterocycles. The van der Waals surface area contributed by atoms with E-state index in [0.29, 0.717) is 12.2 Å². The molecule has 0 atom stereocenters. The first-order valence-electron chi connectivity index (χ1n) is 11.4. The van der Waals surface area contributed by atoms with Gasteiger partial charge in [-0.3, -0.25) is 19.5 Å². The molecule has 1 saturated carbocycles. The molecule has 0 radical (unpaired) electrons. The summed E-state index contributed by atoms with van der Waals surface area (Å²) in [5.74, 6) is 0.801. The fourth-order valence-electron chi connectivity index (χ4n) is 4.84. The van der Waals surface area contributed by atoms with Gasteiger partial charge in [-0.1, -0.05) is 25.0 Å². The van der Waals surface area contributed by atoms with Crippen molar-refractivity contribution in [2.75, 3.05) is 13.7 Å². The van der Waals surface area contributed by atoms with E-state index in [4.69, 9.17) is 9.84 Å². The number of methoxy groups -OCH3 is 1.